The molecule has 3 aromatic carbocycles. The van der Waals surface area contributed by atoms with E-state index in [9.17, 15) is 4.79 Å². The molecule has 3 aromatic rings. The number of ether oxygens (including phenoxy) is 3. The fraction of sp³-hybridized carbons (Fsp3) is 0.276. The zero-order valence-corrected chi connectivity index (χ0v) is 22.1. The van der Waals surface area contributed by atoms with E-state index in [0.717, 1.165) is 26.9 Å². The Bertz CT molecular complexity index is 1220. The smallest absolute Gasteiger partial charge is 0.254 e. The van der Waals surface area contributed by atoms with Gasteiger partial charge in [0.15, 0.2) is 11.5 Å². The molecule has 5 nitrogen and oxygen atoms in total. The monoisotopic (exact) mass is 535 g/mol. The number of hydrogen-bond donors (Lipinski definition) is 0. The number of benzene rings is 3. The molecule has 0 N–H and O–H groups in total. The van der Waals surface area contributed by atoms with Gasteiger partial charge in [-0.05, 0) is 86.5 Å². The van der Waals surface area contributed by atoms with Crippen molar-refractivity contribution >= 4 is 27.9 Å². The van der Waals surface area contributed by atoms with Crippen LogP contribution in [-0.4, -0.2) is 30.1 Å². The summed E-state index contributed by atoms with van der Waals surface area (Å²) in [5, 5.41) is 0. The van der Waals surface area contributed by atoms with Crippen LogP contribution in [0, 0.1) is 0 Å². The van der Waals surface area contributed by atoms with Gasteiger partial charge >= 0.3 is 0 Å². The molecule has 0 fully saturated rings. The van der Waals surface area contributed by atoms with E-state index in [4.69, 9.17) is 14.2 Å². The lowest BCUT2D eigenvalue weighted by molar-refractivity contribution is 0.0729. The largest absolute Gasteiger partial charge is 0.497 e. The number of carbonyl (C=O) groups is 1. The van der Waals surface area contributed by atoms with Crippen molar-refractivity contribution < 1.29 is 19.0 Å². The number of rotatable bonds is 8. The molecule has 35 heavy (non-hydrogen) atoms. The minimum absolute atomic E-state index is 0.0563. The van der Waals surface area contributed by atoms with Gasteiger partial charge in [-0.25, -0.2) is 0 Å². The van der Waals surface area contributed by atoms with Crippen LogP contribution in [0.2, 0.25) is 0 Å². The van der Waals surface area contributed by atoms with Crippen molar-refractivity contribution in [2.75, 3.05) is 13.7 Å². The van der Waals surface area contributed by atoms with E-state index >= 15 is 0 Å². The van der Waals surface area contributed by atoms with Gasteiger partial charge in [0.05, 0.1) is 13.7 Å². The van der Waals surface area contributed by atoms with E-state index in [1.165, 1.54) is 0 Å². The third-order valence-electron chi connectivity index (χ3n) is 5.76. The van der Waals surface area contributed by atoms with Gasteiger partial charge in [-0.3, -0.25) is 4.79 Å². The zero-order valence-electron chi connectivity index (χ0n) is 20.5. The molecule has 0 saturated heterocycles. The Morgan fingerprint density at radius 1 is 1.00 bits per heavy atom. The van der Waals surface area contributed by atoms with Crippen LogP contribution >= 0.6 is 15.9 Å². The number of hydrogen-bond acceptors (Lipinski definition) is 4. The fourth-order valence-electron chi connectivity index (χ4n) is 4.00. The van der Waals surface area contributed by atoms with Crippen LogP contribution in [0.25, 0.3) is 6.08 Å². The molecule has 1 aliphatic heterocycles. The summed E-state index contributed by atoms with van der Waals surface area (Å²) in [5.41, 5.74) is 3.17. The predicted molar refractivity (Wildman–Crippen MR) is 142 cm³/mol. The van der Waals surface area contributed by atoms with Crippen molar-refractivity contribution in [3.8, 4) is 17.2 Å². The van der Waals surface area contributed by atoms with Gasteiger partial charge in [-0.15, -0.1) is 0 Å². The summed E-state index contributed by atoms with van der Waals surface area (Å²) >= 11 is 3.49. The Labute approximate surface area is 215 Å². The Morgan fingerprint density at radius 3 is 2.34 bits per heavy atom. The molecular formula is C29H30BrNO4. The summed E-state index contributed by atoms with van der Waals surface area (Å²) in [6.45, 7) is 7.41. The van der Waals surface area contributed by atoms with Crippen molar-refractivity contribution in [3.05, 3.63) is 93.5 Å². The summed E-state index contributed by atoms with van der Waals surface area (Å²) in [5.74, 6) is 2.09. The lowest BCUT2D eigenvalue weighted by Crippen LogP contribution is -2.30. The van der Waals surface area contributed by atoms with Crippen LogP contribution in [0.5, 0.6) is 17.2 Å². The molecule has 0 spiro atoms. The van der Waals surface area contributed by atoms with Crippen molar-refractivity contribution in [1.82, 2.24) is 4.90 Å². The van der Waals surface area contributed by atoms with Crippen LogP contribution in [-0.2, 0) is 13.1 Å². The third-order valence-corrected chi connectivity index (χ3v) is 6.29. The maximum atomic E-state index is 13.6. The Balaban J connectivity index is 1.68. The molecule has 0 atom stereocenters. The van der Waals surface area contributed by atoms with Gasteiger partial charge in [0.1, 0.15) is 11.4 Å². The molecular weight excluding hydrogens is 506 g/mol. The Hall–Kier alpha value is -3.25. The fourth-order valence-corrected chi connectivity index (χ4v) is 4.27. The lowest BCUT2D eigenvalue weighted by Gasteiger charge is -2.30. The van der Waals surface area contributed by atoms with Crippen molar-refractivity contribution in [3.63, 3.8) is 0 Å². The molecule has 1 amide bonds. The first kappa shape index (κ1) is 24.9. The van der Waals surface area contributed by atoms with E-state index < -0.39 is 5.60 Å². The molecule has 182 valence electrons. The van der Waals surface area contributed by atoms with Crippen LogP contribution in [0.15, 0.2) is 71.2 Å². The van der Waals surface area contributed by atoms with Gasteiger partial charge in [0.25, 0.3) is 5.91 Å². The van der Waals surface area contributed by atoms with Gasteiger partial charge in [0.2, 0.25) is 0 Å². The molecule has 0 bridgehead atoms. The van der Waals surface area contributed by atoms with E-state index in [-0.39, 0.29) is 5.91 Å². The van der Waals surface area contributed by atoms with Crippen LogP contribution in [0.1, 0.15) is 47.8 Å². The summed E-state index contributed by atoms with van der Waals surface area (Å²) < 4.78 is 18.4. The number of methoxy groups -OCH3 is 1. The van der Waals surface area contributed by atoms with E-state index in [2.05, 4.69) is 28.1 Å². The molecule has 1 aliphatic rings. The minimum Gasteiger partial charge on any atom is -0.497 e. The van der Waals surface area contributed by atoms with E-state index in [1.807, 2.05) is 62.1 Å². The summed E-state index contributed by atoms with van der Waals surface area (Å²) in [4.78, 5) is 15.5. The standard InChI is InChI=1S/C29H30BrNO4/c1-5-34-26-17-21(16-23-14-15-29(2,3)35-27(23)26)19-31(18-20-6-10-24(30)11-7-20)28(32)22-8-12-25(33-4)13-9-22/h6-17H,5,18-19H2,1-4H3. The molecule has 0 aliphatic carbocycles. The Kier molecular flexibility index (Phi) is 7.51. The first-order valence-electron chi connectivity index (χ1n) is 11.6. The van der Waals surface area contributed by atoms with Crippen molar-refractivity contribution in [1.29, 1.82) is 0 Å². The minimum atomic E-state index is -0.404. The second-order valence-electron chi connectivity index (χ2n) is 9.00. The van der Waals surface area contributed by atoms with Crippen LogP contribution < -0.4 is 14.2 Å². The first-order valence-corrected chi connectivity index (χ1v) is 12.4. The summed E-state index contributed by atoms with van der Waals surface area (Å²) in [6, 6.07) is 19.3. The topological polar surface area (TPSA) is 48.0 Å². The quantitative estimate of drug-likeness (QED) is 0.315. The second kappa shape index (κ2) is 10.6. The molecule has 6 heteroatoms. The van der Waals surface area contributed by atoms with Crippen molar-refractivity contribution in [2.45, 2.75) is 39.5 Å². The molecule has 0 unspecified atom stereocenters. The number of amides is 1. The molecule has 4 rings (SSSR count). The van der Waals surface area contributed by atoms with E-state index in [0.29, 0.717) is 36.8 Å². The number of halogens is 1. The maximum Gasteiger partial charge on any atom is 0.254 e. The van der Waals surface area contributed by atoms with Gasteiger partial charge in [-0.1, -0.05) is 34.1 Å². The second-order valence-corrected chi connectivity index (χ2v) is 9.92. The average Bonchev–Trinajstić information content (AvgIpc) is 2.85. The molecule has 0 radical (unpaired) electrons. The lowest BCUT2D eigenvalue weighted by atomic mass is 9.99. The van der Waals surface area contributed by atoms with E-state index in [1.54, 1.807) is 31.4 Å². The van der Waals surface area contributed by atoms with Crippen LogP contribution in [0.3, 0.4) is 0 Å². The highest BCUT2D eigenvalue weighted by Gasteiger charge is 2.26. The van der Waals surface area contributed by atoms with Gasteiger partial charge in [-0.2, -0.15) is 0 Å². The average molecular weight is 536 g/mol. The third kappa shape index (κ3) is 6.06. The highest BCUT2D eigenvalue weighted by Crippen LogP contribution is 2.40. The number of nitrogens with zero attached hydrogens (tertiary/aromatic N) is 1. The highest BCUT2D eigenvalue weighted by atomic mass is 79.9. The summed E-state index contributed by atoms with van der Waals surface area (Å²) in [7, 11) is 1.61. The van der Waals surface area contributed by atoms with Crippen LogP contribution in [0.4, 0.5) is 0 Å². The Morgan fingerprint density at radius 2 is 1.69 bits per heavy atom. The zero-order chi connectivity index (χ0) is 25.0. The maximum absolute atomic E-state index is 13.6. The van der Waals surface area contributed by atoms with Gasteiger partial charge in [0, 0.05) is 28.7 Å². The normalized spacial score (nSPS) is 13.5. The first-order chi connectivity index (χ1) is 16.8. The highest BCUT2D eigenvalue weighted by molar-refractivity contribution is 9.10. The number of carbonyl (C=O) groups excluding carboxylic acids is 1. The SMILES string of the molecule is CCOc1cc(CN(Cc2ccc(Br)cc2)C(=O)c2ccc(OC)cc2)cc2c1OC(C)(C)C=C2. The molecule has 0 aromatic heterocycles. The predicted octanol–water partition coefficient (Wildman–Crippen LogP) is 6.88. The summed E-state index contributed by atoms with van der Waals surface area (Å²) in [6.07, 6.45) is 4.10. The molecule has 0 saturated carbocycles. The number of fused-ring (bicyclic) bond motifs is 1. The van der Waals surface area contributed by atoms with Crippen molar-refractivity contribution in [2.24, 2.45) is 0 Å². The molecule has 1 heterocycles. The van der Waals surface area contributed by atoms with Gasteiger partial charge < -0.3 is 19.1 Å².